The summed E-state index contributed by atoms with van der Waals surface area (Å²) >= 11 is 0. The van der Waals surface area contributed by atoms with E-state index < -0.39 is 0 Å². The lowest BCUT2D eigenvalue weighted by Gasteiger charge is -2.05. The SMILES string of the molecule is Cc1c(C(=O)NCCc2ccc(F)cc2)cnn1C. The fourth-order valence-corrected chi connectivity index (χ4v) is 1.79. The van der Waals surface area contributed by atoms with Crippen molar-refractivity contribution in [2.24, 2.45) is 7.05 Å². The predicted molar refractivity (Wildman–Crippen MR) is 70.4 cm³/mol. The quantitative estimate of drug-likeness (QED) is 0.913. The van der Waals surface area contributed by atoms with E-state index in [1.807, 2.05) is 6.92 Å². The number of carbonyl (C=O) groups excluding carboxylic acids is 1. The zero-order valence-corrected chi connectivity index (χ0v) is 11.0. The molecule has 0 saturated heterocycles. The van der Waals surface area contributed by atoms with E-state index in [0.717, 1.165) is 11.3 Å². The highest BCUT2D eigenvalue weighted by molar-refractivity contribution is 5.94. The highest BCUT2D eigenvalue weighted by Crippen LogP contribution is 2.06. The number of nitrogens with zero attached hydrogens (tertiary/aromatic N) is 2. The summed E-state index contributed by atoms with van der Waals surface area (Å²) in [6.07, 6.45) is 2.23. The second-order valence-corrected chi connectivity index (χ2v) is 4.40. The van der Waals surface area contributed by atoms with Gasteiger partial charge in [-0.3, -0.25) is 9.48 Å². The van der Waals surface area contributed by atoms with E-state index in [1.165, 1.54) is 12.1 Å². The van der Waals surface area contributed by atoms with Gasteiger partial charge in [0.15, 0.2) is 0 Å². The van der Waals surface area contributed by atoms with Crippen molar-refractivity contribution >= 4 is 5.91 Å². The molecule has 0 aliphatic carbocycles. The number of amides is 1. The van der Waals surface area contributed by atoms with Crippen LogP contribution < -0.4 is 5.32 Å². The van der Waals surface area contributed by atoms with E-state index >= 15 is 0 Å². The molecule has 0 fully saturated rings. The Bertz CT molecular complexity index is 575. The van der Waals surface area contributed by atoms with E-state index in [-0.39, 0.29) is 11.7 Å². The second kappa shape index (κ2) is 5.65. The van der Waals surface area contributed by atoms with Crippen molar-refractivity contribution in [3.63, 3.8) is 0 Å². The van der Waals surface area contributed by atoms with Crippen molar-refractivity contribution in [2.75, 3.05) is 6.54 Å². The van der Waals surface area contributed by atoms with Crippen LogP contribution in [0.3, 0.4) is 0 Å². The van der Waals surface area contributed by atoms with Crippen LogP contribution in [-0.2, 0) is 13.5 Å². The molecule has 1 heterocycles. The summed E-state index contributed by atoms with van der Waals surface area (Å²) in [4.78, 5) is 11.9. The van der Waals surface area contributed by atoms with Crippen LogP contribution in [0.1, 0.15) is 21.6 Å². The van der Waals surface area contributed by atoms with E-state index in [4.69, 9.17) is 0 Å². The molecular weight excluding hydrogens is 245 g/mol. The minimum absolute atomic E-state index is 0.132. The molecule has 2 rings (SSSR count). The van der Waals surface area contributed by atoms with Gasteiger partial charge < -0.3 is 5.32 Å². The van der Waals surface area contributed by atoms with Crippen molar-refractivity contribution in [1.29, 1.82) is 0 Å². The van der Waals surface area contributed by atoms with Crippen molar-refractivity contribution < 1.29 is 9.18 Å². The van der Waals surface area contributed by atoms with Gasteiger partial charge in [-0.15, -0.1) is 0 Å². The summed E-state index contributed by atoms with van der Waals surface area (Å²) in [5.41, 5.74) is 2.41. The minimum atomic E-state index is -0.251. The summed E-state index contributed by atoms with van der Waals surface area (Å²) in [5, 5.41) is 6.86. The first-order valence-corrected chi connectivity index (χ1v) is 6.09. The molecule has 19 heavy (non-hydrogen) atoms. The molecule has 0 atom stereocenters. The molecular formula is C14H16FN3O. The zero-order valence-electron chi connectivity index (χ0n) is 11.0. The molecule has 1 N–H and O–H groups in total. The average molecular weight is 261 g/mol. The summed E-state index contributed by atoms with van der Waals surface area (Å²) in [7, 11) is 1.80. The maximum absolute atomic E-state index is 12.7. The number of rotatable bonds is 4. The van der Waals surface area contributed by atoms with Crippen molar-refractivity contribution in [2.45, 2.75) is 13.3 Å². The Hall–Kier alpha value is -2.17. The van der Waals surface area contributed by atoms with E-state index in [0.29, 0.717) is 18.5 Å². The molecule has 0 saturated carbocycles. The molecule has 100 valence electrons. The molecule has 1 aromatic carbocycles. The Morgan fingerprint density at radius 3 is 2.63 bits per heavy atom. The zero-order chi connectivity index (χ0) is 13.8. The normalized spacial score (nSPS) is 10.5. The van der Waals surface area contributed by atoms with Crippen LogP contribution in [0.4, 0.5) is 4.39 Å². The van der Waals surface area contributed by atoms with Gasteiger partial charge >= 0.3 is 0 Å². The number of hydrogen-bond acceptors (Lipinski definition) is 2. The first-order valence-electron chi connectivity index (χ1n) is 6.09. The van der Waals surface area contributed by atoms with Gasteiger partial charge in [-0.1, -0.05) is 12.1 Å². The molecule has 4 nitrogen and oxygen atoms in total. The van der Waals surface area contributed by atoms with Crippen molar-refractivity contribution in [1.82, 2.24) is 15.1 Å². The van der Waals surface area contributed by atoms with Gasteiger partial charge in [0.2, 0.25) is 0 Å². The molecule has 0 aliphatic heterocycles. The Kier molecular flexibility index (Phi) is 3.94. The Morgan fingerprint density at radius 1 is 1.37 bits per heavy atom. The van der Waals surface area contributed by atoms with Crippen LogP contribution in [0.5, 0.6) is 0 Å². The summed E-state index contributed by atoms with van der Waals surface area (Å²) in [5.74, 6) is -0.383. The van der Waals surface area contributed by atoms with Crippen molar-refractivity contribution in [3.05, 3.63) is 53.1 Å². The van der Waals surface area contributed by atoms with Gasteiger partial charge in [-0.05, 0) is 31.0 Å². The number of nitrogens with one attached hydrogen (secondary N) is 1. The molecule has 0 radical (unpaired) electrons. The lowest BCUT2D eigenvalue weighted by molar-refractivity contribution is 0.0953. The van der Waals surface area contributed by atoms with Gasteiger partial charge in [0.1, 0.15) is 5.82 Å². The van der Waals surface area contributed by atoms with Gasteiger partial charge in [0, 0.05) is 19.3 Å². The number of halogens is 1. The molecule has 5 heteroatoms. The van der Waals surface area contributed by atoms with Gasteiger partial charge in [-0.2, -0.15) is 5.10 Å². The maximum atomic E-state index is 12.7. The lowest BCUT2D eigenvalue weighted by atomic mass is 10.1. The molecule has 0 aliphatic rings. The third-order valence-electron chi connectivity index (χ3n) is 3.09. The Labute approximate surface area is 111 Å². The van der Waals surface area contributed by atoms with Crippen LogP contribution in [0, 0.1) is 12.7 Å². The first kappa shape index (κ1) is 13.3. The summed E-state index contributed by atoms with van der Waals surface area (Å²) in [6.45, 7) is 2.36. The number of aromatic nitrogens is 2. The van der Waals surface area contributed by atoms with Crippen LogP contribution in [-0.4, -0.2) is 22.2 Å². The van der Waals surface area contributed by atoms with Crippen LogP contribution in [0.2, 0.25) is 0 Å². The maximum Gasteiger partial charge on any atom is 0.254 e. The third-order valence-corrected chi connectivity index (χ3v) is 3.09. The molecule has 0 unspecified atom stereocenters. The topological polar surface area (TPSA) is 46.9 Å². The minimum Gasteiger partial charge on any atom is -0.352 e. The molecule has 0 bridgehead atoms. The first-order chi connectivity index (χ1) is 9.08. The lowest BCUT2D eigenvalue weighted by Crippen LogP contribution is -2.26. The highest BCUT2D eigenvalue weighted by Gasteiger charge is 2.11. The Morgan fingerprint density at radius 2 is 2.05 bits per heavy atom. The van der Waals surface area contributed by atoms with E-state index in [2.05, 4.69) is 10.4 Å². The molecule has 0 spiro atoms. The fraction of sp³-hybridized carbons (Fsp3) is 0.286. The van der Waals surface area contributed by atoms with Crippen LogP contribution in [0.15, 0.2) is 30.5 Å². The van der Waals surface area contributed by atoms with Gasteiger partial charge in [-0.25, -0.2) is 4.39 Å². The second-order valence-electron chi connectivity index (χ2n) is 4.40. The third kappa shape index (κ3) is 3.19. The number of benzene rings is 1. The average Bonchev–Trinajstić information content (AvgIpc) is 2.72. The molecule has 2 aromatic rings. The largest absolute Gasteiger partial charge is 0.352 e. The summed E-state index contributed by atoms with van der Waals surface area (Å²) in [6, 6.07) is 6.28. The van der Waals surface area contributed by atoms with Crippen molar-refractivity contribution in [3.8, 4) is 0 Å². The number of aryl methyl sites for hydroxylation is 1. The smallest absolute Gasteiger partial charge is 0.254 e. The van der Waals surface area contributed by atoms with Gasteiger partial charge in [0.25, 0.3) is 5.91 Å². The fourth-order valence-electron chi connectivity index (χ4n) is 1.79. The van der Waals surface area contributed by atoms with E-state index in [1.54, 1.807) is 30.1 Å². The Balaban J connectivity index is 1.87. The van der Waals surface area contributed by atoms with E-state index in [9.17, 15) is 9.18 Å². The van der Waals surface area contributed by atoms with Gasteiger partial charge in [0.05, 0.1) is 11.8 Å². The molecule has 1 aromatic heterocycles. The summed E-state index contributed by atoms with van der Waals surface area (Å²) < 4.78 is 14.4. The number of hydrogen-bond donors (Lipinski definition) is 1. The number of carbonyl (C=O) groups is 1. The monoisotopic (exact) mass is 261 g/mol. The highest BCUT2D eigenvalue weighted by atomic mass is 19.1. The van der Waals surface area contributed by atoms with Crippen LogP contribution in [0.25, 0.3) is 0 Å². The standard InChI is InChI=1S/C14H16FN3O/c1-10-13(9-17-18(10)2)14(19)16-8-7-11-3-5-12(15)6-4-11/h3-6,9H,7-8H2,1-2H3,(H,16,19). The predicted octanol–water partition coefficient (Wildman–Crippen LogP) is 1.84. The molecule has 1 amide bonds. The van der Waals surface area contributed by atoms with Crippen LogP contribution >= 0.6 is 0 Å².